The van der Waals surface area contributed by atoms with Crippen LogP contribution in [0.3, 0.4) is 0 Å². The summed E-state index contributed by atoms with van der Waals surface area (Å²) in [7, 11) is -3.45. The van der Waals surface area contributed by atoms with Crippen LogP contribution in [0.5, 0.6) is 5.75 Å². The molecular formula is C31H47N5O6SSi. The van der Waals surface area contributed by atoms with Crippen molar-refractivity contribution in [3.63, 3.8) is 0 Å². The molecule has 1 saturated heterocycles. The van der Waals surface area contributed by atoms with Gasteiger partial charge in [0, 0.05) is 44.9 Å². The van der Waals surface area contributed by atoms with Crippen LogP contribution < -0.4 is 9.46 Å². The van der Waals surface area contributed by atoms with Crippen LogP contribution in [0.15, 0.2) is 41.4 Å². The summed E-state index contributed by atoms with van der Waals surface area (Å²) < 4.78 is 46.8. The van der Waals surface area contributed by atoms with Crippen LogP contribution in [0, 0.1) is 5.41 Å². The van der Waals surface area contributed by atoms with Crippen LogP contribution >= 0.6 is 0 Å². The Morgan fingerprint density at radius 3 is 2.34 bits per heavy atom. The average Bonchev–Trinajstić information content (AvgIpc) is 3.32. The fourth-order valence-electron chi connectivity index (χ4n) is 4.87. The first-order valence-corrected chi connectivity index (χ1v) is 20.3. The summed E-state index contributed by atoms with van der Waals surface area (Å²) in [6.07, 6.45) is 2.98. The Balaban J connectivity index is 1.59. The van der Waals surface area contributed by atoms with Gasteiger partial charge >= 0.3 is 6.09 Å². The maximum absolute atomic E-state index is 12.6. The molecule has 1 aliphatic heterocycles. The van der Waals surface area contributed by atoms with E-state index in [4.69, 9.17) is 19.3 Å². The van der Waals surface area contributed by atoms with E-state index in [9.17, 15) is 13.2 Å². The summed E-state index contributed by atoms with van der Waals surface area (Å²) >= 11 is 0. The third kappa shape index (κ3) is 8.58. The smallest absolute Gasteiger partial charge is 0.410 e. The van der Waals surface area contributed by atoms with E-state index in [0.717, 1.165) is 29.8 Å². The number of hydrogen-bond donors (Lipinski definition) is 1. The number of ether oxygens (including phenoxy) is 3. The fourth-order valence-corrected chi connectivity index (χ4v) is 6.36. The Labute approximate surface area is 262 Å². The van der Waals surface area contributed by atoms with Gasteiger partial charge in [-0.05, 0) is 64.9 Å². The molecule has 0 unspecified atom stereocenters. The van der Waals surface area contributed by atoms with E-state index < -0.39 is 23.7 Å². The molecule has 3 heterocycles. The van der Waals surface area contributed by atoms with Crippen molar-refractivity contribution in [2.75, 3.05) is 33.4 Å². The highest BCUT2D eigenvalue weighted by molar-refractivity contribution is 7.89. The van der Waals surface area contributed by atoms with Crippen molar-refractivity contribution in [3.05, 3.63) is 36.5 Å². The molecule has 1 amide bonds. The number of rotatable bonds is 11. The first-order valence-electron chi connectivity index (χ1n) is 15.1. The lowest BCUT2D eigenvalue weighted by molar-refractivity contribution is 0.00602. The minimum Gasteiger partial charge on any atom is -0.492 e. The van der Waals surface area contributed by atoms with Crippen LogP contribution in [-0.2, 0) is 26.2 Å². The van der Waals surface area contributed by atoms with Crippen LogP contribution in [-0.4, -0.2) is 81.2 Å². The van der Waals surface area contributed by atoms with Crippen LogP contribution in [0.1, 0.15) is 40.5 Å². The molecule has 1 fully saturated rings. The molecule has 0 saturated carbocycles. The number of carbonyl (C=O) groups excluding carboxylic acids is 1. The number of amides is 1. The first-order chi connectivity index (χ1) is 20.5. The zero-order chi connectivity index (χ0) is 32.3. The van der Waals surface area contributed by atoms with Gasteiger partial charge in [0.25, 0.3) is 0 Å². The van der Waals surface area contributed by atoms with Crippen molar-refractivity contribution in [2.45, 2.75) is 83.4 Å². The molecule has 13 heteroatoms. The topological polar surface area (TPSA) is 125 Å². The Hall–Kier alpha value is -3.00. The van der Waals surface area contributed by atoms with E-state index in [1.165, 1.54) is 7.05 Å². The zero-order valence-electron chi connectivity index (χ0n) is 27.3. The van der Waals surface area contributed by atoms with Gasteiger partial charge in [-0.25, -0.2) is 27.6 Å². The van der Waals surface area contributed by atoms with Gasteiger partial charge in [-0.1, -0.05) is 38.7 Å². The molecule has 0 bridgehead atoms. The van der Waals surface area contributed by atoms with Crippen molar-refractivity contribution in [2.24, 2.45) is 5.41 Å². The van der Waals surface area contributed by atoms with Gasteiger partial charge in [0.15, 0.2) is 5.65 Å². The van der Waals surface area contributed by atoms with Crippen molar-refractivity contribution < 1.29 is 27.4 Å². The largest absolute Gasteiger partial charge is 0.492 e. The molecule has 242 valence electrons. The summed E-state index contributed by atoms with van der Waals surface area (Å²) in [6.45, 7) is 17.2. The third-order valence-electron chi connectivity index (χ3n) is 7.71. The number of piperidine rings is 1. The molecule has 2 aromatic heterocycles. The van der Waals surface area contributed by atoms with Crippen molar-refractivity contribution in [1.82, 2.24) is 24.4 Å². The number of hydrogen-bond acceptors (Lipinski definition) is 8. The van der Waals surface area contributed by atoms with E-state index in [1.54, 1.807) is 40.0 Å². The maximum Gasteiger partial charge on any atom is 0.410 e. The standard InChI is InChI=1S/C31H47N5O6SSi/c1-30(2,3)42-29(37)35-17-14-31(4,15-18-35)21-41-25-13-16-33-28-26(25)27(34-36(28)22-40-19-20-44(6,7)8)23-9-11-24(12-10-23)43(38,39)32-5/h9-13,16,32H,14-15,17-22H2,1-8H3. The molecular weight excluding hydrogens is 599 g/mol. The van der Waals surface area contributed by atoms with Crippen LogP contribution in [0.2, 0.25) is 25.7 Å². The lowest BCUT2D eigenvalue weighted by Gasteiger charge is -2.39. The molecule has 0 aliphatic carbocycles. The van der Waals surface area contributed by atoms with Gasteiger partial charge in [-0.2, -0.15) is 5.10 Å². The number of nitrogens with one attached hydrogen (secondary N) is 1. The van der Waals surface area contributed by atoms with Gasteiger partial charge in [0.2, 0.25) is 10.0 Å². The SMILES string of the molecule is CNS(=O)(=O)c1ccc(-c2nn(COCC[Si](C)(C)C)c3nccc(OCC4(C)CCN(C(=O)OC(C)(C)C)CC4)c23)cc1. The van der Waals surface area contributed by atoms with Gasteiger partial charge < -0.3 is 19.1 Å². The number of pyridine rings is 1. The number of likely N-dealkylation sites (tertiary alicyclic amines) is 1. The molecule has 44 heavy (non-hydrogen) atoms. The molecule has 3 aromatic rings. The Morgan fingerprint density at radius 2 is 1.75 bits per heavy atom. The summed E-state index contributed by atoms with van der Waals surface area (Å²) in [5, 5.41) is 5.61. The van der Waals surface area contributed by atoms with Gasteiger partial charge in [0.05, 0.1) is 16.9 Å². The Bertz CT molecular complexity index is 1550. The highest BCUT2D eigenvalue weighted by Gasteiger charge is 2.35. The summed E-state index contributed by atoms with van der Waals surface area (Å²) in [4.78, 5) is 19.1. The number of fused-ring (bicyclic) bond motifs is 1. The molecule has 1 aliphatic rings. The number of carbonyl (C=O) groups is 1. The van der Waals surface area contributed by atoms with Crippen molar-refractivity contribution >= 4 is 35.2 Å². The predicted molar refractivity (Wildman–Crippen MR) is 174 cm³/mol. The quantitative estimate of drug-likeness (QED) is 0.207. The predicted octanol–water partition coefficient (Wildman–Crippen LogP) is 5.73. The molecule has 0 spiro atoms. The van der Waals surface area contributed by atoms with Crippen LogP contribution in [0.4, 0.5) is 4.79 Å². The lowest BCUT2D eigenvalue weighted by Crippen LogP contribution is -2.46. The summed E-state index contributed by atoms with van der Waals surface area (Å²) in [5.74, 6) is 0.640. The van der Waals surface area contributed by atoms with Gasteiger partial charge in [-0.15, -0.1) is 0 Å². The van der Waals surface area contributed by atoms with E-state index in [-0.39, 0.29) is 23.1 Å². The third-order valence-corrected chi connectivity index (χ3v) is 10.8. The van der Waals surface area contributed by atoms with Gasteiger partial charge in [0.1, 0.15) is 23.8 Å². The van der Waals surface area contributed by atoms with E-state index in [0.29, 0.717) is 43.4 Å². The summed E-state index contributed by atoms with van der Waals surface area (Å²) in [5.41, 5.74) is 1.32. The second-order valence-corrected chi connectivity index (χ2v) is 21.5. The zero-order valence-corrected chi connectivity index (χ0v) is 29.1. The number of nitrogens with zero attached hydrogens (tertiary/aromatic N) is 4. The molecule has 1 aromatic carbocycles. The molecule has 1 N–H and O–H groups in total. The Morgan fingerprint density at radius 1 is 1.09 bits per heavy atom. The molecule has 0 atom stereocenters. The van der Waals surface area contributed by atoms with E-state index in [2.05, 4.69) is 36.3 Å². The molecule has 4 rings (SSSR count). The number of benzene rings is 1. The van der Waals surface area contributed by atoms with Gasteiger partial charge in [-0.3, -0.25) is 0 Å². The normalized spacial score (nSPS) is 15.9. The van der Waals surface area contributed by atoms with Crippen LogP contribution in [0.25, 0.3) is 22.3 Å². The van der Waals surface area contributed by atoms with Crippen molar-refractivity contribution in [3.8, 4) is 17.0 Å². The molecule has 11 nitrogen and oxygen atoms in total. The highest BCUT2D eigenvalue weighted by atomic mass is 32.2. The average molecular weight is 646 g/mol. The first kappa shape index (κ1) is 33.9. The highest BCUT2D eigenvalue weighted by Crippen LogP contribution is 2.37. The maximum atomic E-state index is 12.6. The second-order valence-electron chi connectivity index (χ2n) is 14.0. The lowest BCUT2D eigenvalue weighted by atomic mass is 9.81. The number of aromatic nitrogens is 3. The monoisotopic (exact) mass is 645 g/mol. The minimum atomic E-state index is -3.58. The second kappa shape index (κ2) is 13.2. The molecule has 0 radical (unpaired) electrons. The van der Waals surface area contributed by atoms with E-state index in [1.807, 2.05) is 26.8 Å². The fraction of sp³-hybridized carbons (Fsp3) is 0.581. The summed E-state index contributed by atoms with van der Waals surface area (Å²) in [6, 6.07) is 9.48. The van der Waals surface area contributed by atoms with Crippen molar-refractivity contribution in [1.29, 1.82) is 0 Å². The number of sulfonamides is 1. The Kier molecular flexibility index (Phi) is 10.1. The minimum absolute atomic E-state index is 0.145. The van der Waals surface area contributed by atoms with E-state index >= 15 is 0 Å².